The number of ether oxygens (including phenoxy) is 4. The van der Waals surface area contributed by atoms with Crippen LogP contribution in [0.3, 0.4) is 0 Å². The number of ketones is 2. The van der Waals surface area contributed by atoms with E-state index in [0.29, 0.717) is 41.5 Å². The van der Waals surface area contributed by atoms with Crippen molar-refractivity contribution in [1.82, 2.24) is 20.4 Å². The number of Topliss-reactive ketones (excluding diaryl/α,β-unsaturated/α-hetero) is 2. The van der Waals surface area contributed by atoms with Crippen molar-refractivity contribution in [2.75, 3.05) is 26.2 Å². The second-order valence-electron chi connectivity index (χ2n) is 18.4. The molecule has 56 heavy (non-hydrogen) atoms. The van der Waals surface area contributed by atoms with Crippen LogP contribution in [0.1, 0.15) is 109 Å². The molecule has 5 rings (SSSR count). The molecule has 5 aliphatic rings. The largest absolute Gasteiger partial charge is 0.454 e. The fourth-order valence-electron chi connectivity index (χ4n) is 9.28. The monoisotopic (exact) mass is 781 g/mol. The van der Waals surface area contributed by atoms with Crippen molar-refractivity contribution in [3.05, 3.63) is 58.7 Å². The highest BCUT2D eigenvalue weighted by Gasteiger charge is 2.59. The Labute approximate surface area is 334 Å². The Hall–Kier alpha value is -3.13. The predicted molar refractivity (Wildman–Crippen MR) is 215 cm³/mol. The SMILES string of the molecule is C=C1C(=O)[C@@](C)(OC(C)C)O/C1=C(\C)C1(O)CC(=O)C(NC(=O)/C(C)=C\C=C\[C@H](C)[C@@H]2OC(C)(C)O[C@@H](C(C)C)[C@@H]2C)=C2CN1C1(CCN(CC(C)C)CC1)N2. The molecule has 12 nitrogen and oxygen atoms in total. The molecule has 0 saturated carbocycles. The fourth-order valence-corrected chi connectivity index (χ4v) is 9.28. The van der Waals surface area contributed by atoms with E-state index in [1.165, 1.54) is 0 Å². The van der Waals surface area contributed by atoms with Crippen molar-refractivity contribution < 1.29 is 38.4 Å². The van der Waals surface area contributed by atoms with E-state index < -0.39 is 40.4 Å². The Morgan fingerprint density at radius 2 is 1.68 bits per heavy atom. The van der Waals surface area contributed by atoms with Crippen molar-refractivity contribution in [3.63, 3.8) is 0 Å². The summed E-state index contributed by atoms with van der Waals surface area (Å²) in [4.78, 5) is 45.8. The molecule has 2 unspecified atom stereocenters. The lowest BCUT2D eigenvalue weighted by Crippen LogP contribution is -2.66. The van der Waals surface area contributed by atoms with Crippen molar-refractivity contribution in [3.8, 4) is 0 Å². The summed E-state index contributed by atoms with van der Waals surface area (Å²) in [5.74, 6) is -2.44. The smallest absolute Gasteiger partial charge is 0.272 e. The number of piperidine rings is 1. The van der Waals surface area contributed by atoms with Crippen LogP contribution in [0.25, 0.3) is 0 Å². The molecule has 7 atom stereocenters. The van der Waals surface area contributed by atoms with Gasteiger partial charge in [-0.15, -0.1) is 0 Å². The Morgan fingerprint density at radius 3 is 2.27 bits per heavy atom. The molecular weight excluding hydrogens is 713 g/mol. The fraction of sp³-hybridized carbons (Fsp3) is 0.705. The van der Waals surface area contributed by atoms with E-state index >= 15 is 0 Å². The van der Waals surface area contributed by atoms with E-state index in [1.54, 1.807) is 26.8 Å². The number of nitrogens with one attached hydrogen (secondary N) is 2. The topological polar surface area (TPSA) is 139 Å². The number of hydrogen-bond acceptors (Lipinski definition) is 11. The number of rotatable bonds is 11. The van der Waals surface area contributed by atoms with Crippen LogP contribution in [0.5, 0.6) is 0 Å². The summed E-state index contributed by atoms with van der Waals surface area (Å²) < 4.78 is 24.7. The lowest BCUT2D eigenvalue weighted by molar-refractivity contribution is -0.331. The quantitative estimate of drug-likeness (QED) is 0.172. The van der Waals surface area contributed by atoms with Gasteiger partial charge < -0.3 is 39.6 Å². The minimum Gasteiger partial charge on any atom is -0.454 e. The molecule has 4 saturated heterocycles. The molecule has 4 fully saturated rings. The van der Waals surface area contributed by atoms with Crippen LogP contribution in [0, 0.1) is 23.7 Å². The summed E-state index contributed by atoms with van der Waals surface area (Å²) in [6.07, 6.45) is 6.27. The third-order valence-corrected chi connectivity index (χ3v) is 12.0. The standard InChI is InChI=1S/C44H68N4O8/c1-25(2)23-47-20-18-43(19-21-47)46-33-24-48(43)44(52,32(11)38-31(10)39(50)42(14,56-38)53-27(5)6)22-34(49)35(33)45-40(51)29(8)17-15-16-28(7)37-30(9)36(26(3)4)54-41(12,13)55-37/h15-17,25-28,30,36-37,46,52H,10,18-24H2,1-9,11-14H3,(H,45,51)/b16-15+,29-17-,38-32+/t28-,30-,36-,37-,42-,44?/m0/s1. The van der Waals surface area contributed by atoms with Crippen molar-refractivity contribution in [2.24, 2.45) is 23.7 Å². The zero-order chi connectivity index (χ0) is 41.7. The normalized spacial score (nSPS) is 33.8. The van der Waals surface area contributed by atoms with E-state index in [-0.39, 0.29) is 60.1 Å². The molecule has 0 radical (unpaired) electrons. The Kier molecular flexibility index (Phi) is 12.8. The lowest BCUT2D eigenvalue weighted by Gasteiger charge is -2.51. The number of likely N-dealkylation sites (tertiary alicyclic amines) is 1. The number of allylic oxidation sites excluding steroid dienone is 4. The molecular formula is C44H68N4O8. The zero-order valence-electron chi connectivity index (χ0n) is 36.1. The minimum absolute atomic E-state index is 0.0479. The molecule has 1 spiro atoms. The first-order valence-electron chi connectivity index (χ1n) is 20.5. The summed E-state index contributed by atoms with van der Waals surface area (Å²) in [6.45, 7) is 32.1. The molecule has 0 aliphatic carbocycles. The first-order valence-corrected chi connectivity index (χ1v) is 20.5. The average Bonchev–Trinajstić information content (AvgIpc) is 3.54. The van der Waals surface area contributed by atoms with Crippen LogP contribution in [-0.2, 0) is 33.3 Å². The van der Waals surface area contributed by atoms with E-state index in [9.17, 15) is 19.5 Å². The summed E-state index contributed by atoms with van der Waals surface area (Å²) in [7, 11) is 0. The molecule has 3 N–H and O–H groups in total. The number of nitrogens with zero attached hydrogens (tertiary/aromatic N) is 2. The predicted octanol–water partition coefficient (Wildman–Crippen LogP) is 5.85. The number of hydrogen-bond donors (Lipinski definition) is 3. The molecule has 5 heterocycles. The van der Waals surface area contributed by atoms with Gasteiger partial charge in [-0.05, 0) is 66.2 Å². The van der Waals surface area contributed by atoms with Crippen LogP contribution in [0.2, 0.25) is 0 Å². The van der Waals surface area contributed by atoms with Gasteiger partial charge in [-0.2, -0.15) is 0 Å². The van der Waals surface area contributed by atoms with Crippen molar-refractivity contribution >= 4 is 17.5 Å². The van der Waals surface area contributed by atoms with E-state index in [1.807, 2.05) is 44.7 Å². The molecule has 2 bridgehead atoms. The number of fused-ring (bicyclic) bond motifs is 3. The highest BCUT2D eigenvalue weighted by Crippen LogP contribution is 2.48. The van der Waals surface area contributed by atoms with Gasteiger partial charge in [0, 0.05) is 56.1 Å². The minimum atomic E-state index is -1.88. The molecule has 0 aromatic rings. The zero-order valence-corrected chi connectivity index (χ0v) is 36.1. The van der Waals surface area contributed by atoms with Gasteiger partial charge in [-0.3, -0.25) is 14.4 Å². The van der Waals surface area contributed by atoms with Crippen LogP contribution < -0.4 is 10.6 Å². The molecule has 1 amide bonds. The van der Waals surface area contributed by atoms with Crippen LogP contribution in [0.15, 0.2) is 58.7 Å². The molecule has 0 aromatic heterocycles. The maximum Gasteiger partial charge on any atom is 0.272 e. The summed E-state index contributed by atoms with van der Waals surface area (Å²) in [6, 6.07) is 0. The molecule has 0 aromatic carbocycles. The van der Waals surface area contributed by atoms with Gasteiger partial charge in [0.15, 0.2) is 17.3 Å². The third-order valence-electron chi connectivity index (χ3n) is 12.0. The number of amides is 1. The van der Waals surface area contributed by atoms with Crippen LogP contribution in [0.4, 0.5) is 0 Å². The Morgan fingerprint density at radius 1 is 1.05 bits per heavy atom. The maximum atomic E-state index is 14.3. The van der Waals surface area contributed by atoms with Gasteiger partial charge in [0.2, 0.25) is 5.78 Å². The maximum absolute atomic E-state index is 14.3. The van der Waals surface area contributed by atoms with Gasteiger partial charge in [0.25, 0.3) is 11.7 Å². The summed E-state index contributed by atoms with van der Waals surface area (Å²) in [5, 5.41) is 19.5. The Balaban J connectivity index is 1.42. The van der Waals surface area contributed by atoms with Crippen LogP contribution >= 0.6 is 0 Å². The Bertz CT molecular complexity index is 1700. The lowest BCUT2D eigenvalue weighted by atomic mass is 9.83. The number of carbonyl (C=O) groups is 3. The second-order valence-corrected chi connectivity index (χ2v) is 18.4. The first kappa shape index (κ1) is 44.0. The van der Waals surface area contributed by atoms with Gasteiger partial charge in [-0.25, -0.2) is 4.90 Å². The average molecular weight is 781 g/mol. The second kappa shape index (κ2) is 16.3. The first-order chi connectivity index (χ1) is 25.9. The molecule has 12 heteroatoms. The molecule has 5 aliphatic heterocycles. The summed E-state index contributed by atoms with van der Waals surface area (Å²) in [5.41, 5.74) is -1.14. The van der Waals surface area contributed by atoms with Gasteiger partial charge in [0.05, 0.1) is 41.7 Å². The highest BCUT2D eigenvalue weighted by molar-refractivity contribution is 6.07. The van der Waals surface area contributed by atoms with Gasteiger partial charge >= 0.3 is 0 Å². The van der Waals surface area contributed by atoms with E-state index in [0.717, 1.165) is 19.6 Å². The third kappa shape index (κ3) is 8.66. The number of carbonyl (C=O) groups excluding carboxylic acids is 3. The van der Waals surface area contributed by atoms with Crippen molar-refractivity contribution in [2.45, 2.75) is 151 Å². The van der Waals surface area contributed by atoms with E-state index in [2.05, 4.69) is 63.7 Å². The number of aliphatic hydroxyl groups is 1. The van der Waals surface area contributed by atoms with Crippen molar-refractivity contribution in [1.29, 1.82) is 0 Å². The van der Waals surface area contributed by atoms with E-state index in [4.69, 9.17) is 18.9 Å². The summed E-state index contributed by atoms with van der Waals surface area (Å²) >= 11 is 0. The van der Waals surface area contributed by atoms with Gasteiger partial charge in [0.1, 0.15) is 11.5 Å². The molecule has 312 valence electrons. The highest BCUT2D eigenvalue weighted by atomic mass is 16.7. The van der Waals surface area contributed by atoms with Crippen LogP contribution in [-0.4, -0.2) is 99.8 Å². The van der Waals surface area contributed by atoms with Gasteiger partial charge in [-0.1, -0.05) is 66.3 Å².